The fraction of sp³-hybridized carbons (Fsp3) is 0.474. The van der Waals surface area contributed by atoms with Gasteiger partial charge in [-0.05, 0) is 43.7 Å². The van der Waals surface area contributed by atoms with Crippen LogP contribution in [-0.2, 0) is 10.0 Å². The molecule has 0 aromatic heterocycles. The highest BCUT2D eigenvalue weighted by atomic mass is 35.5. The second kappa shape index (κ2) is 7.35. The van der Waals surface area contributed by atoms with Gasteiger partial charge >= 0.3 is 0 Å². The first kappa shape index (κ1) is 19.4. The minimum atomic E-state index is -3.54. The summed E-state index contributed by atoms with van der Waals surface area (Å²) in [5.74, 6) is 1.42. The number of nitrogens with two attached hydrogens (primary N) is 1. The van der Waals surface area contributed by atoms with E-state index in [9.17, 15) is 8.42 Å². The van der Waals surface area contributed by atoms with Crippen molar-refractivity contribution in [1.82, 2.24) is 4.31 Å². The molecule has 1 aliphatic heterocycles. The SMILES string of the molecule is CCOc1ccc(S(=O)(=O)N2CC3CCC(N)C3C2)c2ccccc12.Cl. The summed E-state index contributed by atoms with van der Waals surface area (Å²) in [6, 6.07) is 11.1. The number of nitrogens with zero attached hydrogens (tertiary/aromatic N) is 1. The highest BCUT2D eigenvalue weighted by Crippen LogP contribution is 2.40. The lowest BCUT2D eigenvalue weighted by atomic mass is 9.98. The van der Waals surface area contributed by atoms with Crippen LogP contribution in [0.25, 0.3) is 10.8 Å². The molecule has 2 fully saturated rings. The van der Waals surface area contributed by atoms with Crippen LogP contribution in [0.3, 0.4) is 0 Å². The molecule has 1 heterocycles. The first-order chi connectivity index (χ1) is 12.0. The monoisotopic (exact) mass is 396 g/mol. The van der Waals surface area contributed by atoms with Gasteiger partial charge in [-0.2, -0.15) is 4.31 Å². The van der Waals surface area contributed by atoms with Crippen LogP contribution < -0.4 is 10.5 Å². The summed E-state index contributed by atoms with van der Waals surface area (Å²) in [7, 11) is -3.54. The Balaban J connectivity index is 0.00000196. The number of rotatable bonds is 4. The third kappa shape index (κ3) is 3.09. The molecule has 5 nitrogen and oxygen atoms in total. The number of halogens is 1. The summed E-state index contributed by atoms with van der Waals surface area (Å²) in [4.78, 5) is 0.361. The van der Waals surface area contributed by atoms with Gasteiger partial charge in [-0.3, -0.25) is 0 Å². The summed E-state index contributed by atoms with van der Waals surface area (Å²) < 4.78 is 33.9. The van der Waals surface area contributed by atoms with E-state index in [0.717, 1.165) is 29.4 Å². The molecule has 3 unspecified atom stereocenters. The minimum Gasteiger partial charge on any atom is -0.493 e. The largest absolute Gasteiger partial charge is 0.493 e. The fourth-order valence-electron chi connectivity index (χ4n) is 4.35. The summed E-state index contributed by atoms with van der Waals surface area (Å²) >= 11 is 0. The topological polar surface area (TPSA) is 72.6 Å². The number of sulfonamides is 1. The van der Waals surface area contributed by atoms with Gasteiger partial charge in [-0.15, -0.1) is 12.4 Å². The van der Waals surface area contributed by atoms with Gasteiger partial charge in [0, 0.05) is 29.9 Å². The zero-order valence-corrected chi connectivity index (χ0v) is 16.4. The lowest BCUT2D eigenvalue weighted by Crippen LogP contribution is -2.33. The average Bonchev–Trinajstić information content (AvgIpc) is 3.18. The molecular weight excluding hydrogens is 372 g/mol. The lowest BCUT2D eigenvalue weighted by Gasteiger charge is -2.20. The fourth-order valence-corrected chi connectivity index (χ4v) is 6.08. The van der Waals surface area contributed by atoms with Gasteiger partial charge < -0.3 is 10.5 Å². The van der Waals surface area contributed by atoms with Crippen LogP contribution in [0.15, 0.2) is 41.3 Å². The molecule has 2 aromatic carbocycles. The van der Waals surface area contributed by atoms with Crippen LogP contribution in [0.4, 0.5) is 0 Å². The van der Waals surface area contributed by atoms with Crippen molar-refractivity contribution >= 4 is 33.2 Å². The Morgan fingerprint density at radius 2 is 1.85 bits per heavy atom. The second-order valence-electron chi connectivity index (χ2n) is 7.03. The van der Waals surface area contributed by atoms with Gasteiger partial charge in [-0.25, -0.2) is 8.42 Å². The van der Waals surface area contributed by atoms with E-state index in [1.807, 2.05) is 31.2 Å². The van der Waals surface area contributed by atoms with E-state index in [1.54, 1.807) is 16.4 Å². The van der Waals surface area contributed by atoms with Crippen molar-refractivity contribution in [2.45, 2.75) is 30.7 Å². The van der Waals surface area contributed by atoms with Gasteiger partial charge in [0.1, 0.15) is 5.75 Å². The van der Waals surface area contributed by atoms with Gasteiger partial charge in [0.05, 0.1) is 11.5 Å². The molecule has 2 N–H and O–H groups in total. The van der Waals surface area contributed by atoms with Crippen molar-refractivity contribution in [3.63, 3.8) is 0 Å². The van der Waals surface area contributed by atoms with E-state index < -0.39 is 10.0 Å². The maximum absolute atomic E-state index is 13.3. The molecule has 3 atom stereocenters. The third-order valence-corrected chi connectivity index (χ3v) is 7.53. The summed E-state index contributed by atoms with van der Waals surface area (Å²) in [6.07, 6.45) is 2.04. The molecule has 0 amide bonds. The number of benzene rings is 2. The van der Waals surface area contributed by atoms with Gasteiger partial charge in [-0.1, -0.05) is 24.3 Å². The molecule has 1 saturated heterocycles. The van der Waals surface area contributed by atoms with E-state index in [1.165, 1.54) is 0 Å². The maximum atomic E-state index is 13.3. The van der Waals surface area contributed by atoms with Crippen LogP contribution in [-0.4, -0.2) is 38.5 Å². The van der Waals surface area contributed by atoms with E-state index in [4.69, 9.17) is 10.5 Å². The summed E-state index contributed by atoms with van der Waals surface area (Å²) in [5, 5.41) is 1.55. The molecule has 26 heavy (non-hydrogen) atoms. The first-order valence-electron chi connectivity index (χ1n) is 8.92. The molecule has 4 rings (SSSR count). The van der Waals surface area contributed by atoms with Gasteiger partial charge in [0.2, 0.25) is 10.0 Å². The van der Waals surface area contributed by atoms with E-state index >= 15 is 0 Å². The number of fused-ring (bicyclic) bond motifs is 2. The Morgan fingerprint density at radius 1 is 1.12 bits per heavy atom. The number of hydrogen-bond donors (Lipinski definition) is 1. The standard InChI is InChI=1S/C19H24N2O3S.ClH/c1-2-24-18-9-10-19(15-6-4-3-5-14(15)18)25(22,23)21-11-13-7-8-17(20)16(13)12-21;/h3-6,9-10,13,16-17H,2,7-8,11-12,20H2,1H3;1H. The van der Waals surface area contributed by atoms with Crippen molar-refractivity contribution in [1.29, 1.82) is 0 Å². The average molecular weight is 397 g/mol. The van der Waals surface area contributed by atoms with Crippen molar-refractivity contribution < 1.29 is 13.2 Å². The molecule has 2 aromatic rings. The molecule has 142 valence electrons. The minimum absolute atomic E-state index is 0. The van der Waals surface area contributed by atoms with E-state index in [2.05, 4.69) is 0 Å². The zero-order chi connectivity index (χ0) is 17.6. The van der Waals surface area contributed by atoms with Crippen molar-refractivity contribution in [2.24, 2.45) is 17.6 Å². The Hall–Kier alpha value is -1.34. The van der Waals surface area contributed by atoms with Crippen LogP contribution in [0.1, 0.15) is 19.8 Å². The normalized spacial score (nSPS) is 25.8. The molecule has 0 spiro atoms. The predicted octanol–water partition coefficient (Wildman–Crippen LogP) is 3.02. The number of hydrogen-bond acceptors (Lipinski definition) is 4. The highest BCUT2D eigenvalue weighted by molar-refractivity contribution is 7.89. The smallest absolute Gasteiger partial charge is 0.243 e. The van der Waals surface area contributed by atoms with Gasteiger partial charge in [0.15, 0.2) is 0 Å². The van der Waals surface area contributed by atoms with Gasteiger partial charge in [0.25, 0.3) is 0 Å². The molecule has 1 saturated carbocycles. The Morgan fingerprint density at radius 3 is 2.54 bits per heavy atom. The molecule has 0 bridgehead atoms. The van der Waals surface area contributed by atoms with Crippen LogP contribution in [0, 0.1) is 11.8 Å². The van der Waals surface area contributed by atoms with Crippen molar-refractivity contribution in [3.05, 3.63) is 36.4 Å². The van der Waals surface area contributed by atoms with Crippen LogP contribution in [0.5, 0.6) is 5.75 Å². The predicted molar refractivity (Wildman–Crippen MR) is 105 cm³/mol. The molecular formula is C19H25ClN2O3S. The van der Waals surface area contributed by atoms with E-state index in [0.29, 0.717) is 36.4 Å². The number of ether oxygens (including phenoxy) is 1. The Kier molecular flexibility index (Phi) is 5.49. The maximum Gasteiger partial charge on any atom is 0.243 e. The molecule has 7 heteroatoms. The Labute approximate surface area is 161 Å². The third-order valence-electron chi connectivity index (χ3n) is 5.64. The highest BCUT2D eigenvalue weighted by Gasteiger charge is 2.45. The first-order valence-corrected chi connectivity index (χ1v) is 10.4. The second-order valence-corrected chi connectivity index (χ2v) is 8.93. The van der Waals surface area contributed by atoms with Crippen molar-refractivity contribution in [3.8, 4) is 5.75 Å². The van der Waals surface area contributed by atoms with Crippen molar-refractivity contribution in [2.75, 3.05) is 19.7 Å². The Bertz CT molecular complexity index is 903. The van der Waals surface area contributed by atoms with Crippen LogP contribution >= 0.6 is 12.4 Å². The lowest BCUT2D eigenvalue weighted by molar-refractivity contribution is 0.344. The summed E-state index contributed by atoms with van der Waals surface area (Å²) in [6.45, 7) is 3.59. The molecule has 2 aliphatic rings. The van der Waals surface area contributed by atoms with E-state index in [-0.39, 0.29) is 18.4 Å². The quantitative estimate of drug-likeness (QED) is 0.862. The zero-order valence-electron chi connectivity index (χ0n) is 14.8. The molecule has 0 radical (unpaired) electrons. The van der Waals surface area contributed by atoms with Crippen LogP contribution in [0.2, 0.25) is 0 Å². The summed E-state index contributed by atoms with van der Waals surface area (Å²) in [5.41, 5.74) is 6.17. The molecule has 1 aliphatic carbocycles.